The minimum absolute atomic E-state index is 0.159. The summed E-state index contributed by atoms with van der Waals surface area (Å²) >= 11 is 0. The van der Waals surface area contributed by atoms with Crippen molar-refractivity contribution in [2.75, 3.05) is 0 Å². The Morgan fingerprint density at radius 2 is 1.82 bits per heavy atom. The van der Waals surface area contributed by atoms with Gasteiger partial charge in [0, 0.05) is 17.4 Å². The molecule has 2 saturated carbocycles. The summed E-state index contributed by atoms with van der Waals surface area (Å²) in [7, 11) is 0. The number of fused-ring (bicyclic) bond motifs is 4. The average Bonchev–Trinajstić information content (AvgIpc) is 3.06. The number of carboxylic acids is 1. The lowest BCUT2D eigenvalue weighted by Gasteiger charge is -2.54. The largest absolute Gasteiger partial charge is 0.478 e. The molecule has 0 amide bonds. The minimum Gasteiger partial charge on any atom is -0.478 e. The molecule has 33 heavy (non-hydrogen) atoms. The van der Waals surface area contributed by atoms with Gasteiger partial charge >= 0.3 is 5.97 Å². The zero-order valence-corrected chi connectivity index (χ0v) is 21.7. The van der Waals surface area contributed by atoms with E-state index in [9.17, 15) is 9.59 Å². The molecule has 6 atom stereocenters. The molecule has 0 aliphatic heterocycles. The summed E-state index contributed by atoms with van der Waals surface area (Å²) < 4.78 is 0. The maximum atomic E-state index is 12.8. The van der Waals surface area contributed by atoms with Crippen molar-refractivity contribution in [2.24, 2.45) is 39.9 Å². The SMILES string of the molecule is C=C1[C@H]([C@H](C)CC/C=C(/C)C(=O)O)CC[C@@]2(C)C3=C(C[C@@H]12)[C@@]1(C)CCC(=O)C(C)(C)[C@H]1CC3. The van der Waals surface area contributed by atoms with Crippen molar-refractivity contribution < 1.29 is 14.7 Å². The summed E-state index contributed by atoms with van der Waals surface area (Å²) in [5.41, 5.74) is 5.49. The normalized spacial score (nSPS) is 39.1. The molecule has 3 heteroatoms. The third-order valence-electron chi connectivity index (χ3n) is 10.8. The lowest BCUT2D eigenvalue weighted by atomic mass is 9.49. The van der Waals surface area contributed by atoms with E-state index in [1.807, 2.05) is 6.08 Å². The van der Waals surface area contributed by atoms with Crippen LogP contribution in [0.25, 0.3) is 0 Å². The molecule has 0 aromatic carbocycles. The van der Waals surface area contributed by atoms with Crippen LogP contribution in [0.15, 0.2) is 34.9 Å². The first-order valence-electron chi connectivity index (χ1n) is 13.2. The molecule has 4 rings (SSSR count). The summed E-state index contributed by atoms with van der Waals surface area (Å²) in [6, 6.07) is 0. The number of carboxylic acid groups (broad SMARTS) is 1. The third-order valence-corrected chi connectivity index (χ3v) is 10.8. The fourth-order valence-electron chi connectivity index (χ4n) is 8.58. The van der Waals surface area contributed by atoms with Gasteiger partial charge in [-0.1, -0.05) is 64.0 Å². The van der Waals surface area contributed by atoms with Gasteiger partial charge in [-0.2, -0.15) is 0 Å². The Labute approximate surface area is 200 Å². The fraction of sp³-hybridized carbons (Fsp3) is 0.733. The maximum Gasteiger partial charge on any atom is 0.330 e. The molecular weight excluding hydrogens is 408 g/mol. The van der Waals surface area contributed by atoms with E-state index in [0.29, 0.717) is 35.0 Å². The van der Waals surface area contributed by atoms with Crippen LogP contribution in [0.4, 0.5) is 0 Å². The lowest BCUT2D eigenvalue weighted by molar-refractivity contribution is -0.139. The molecule has 0 spiro atoms. The quantitative estimate of drug-likeness (QED) is 0.346. The first-order chi connectivity index (χ1) is 15.3. The van der Waals surface area contributed by atoms with Gasteiger partial charge < -0.3 is 5.11 Å². The number of hydrogen-bond acceptors (Lipinski definition) is 2. The minimum atomic E-state index is -0.817. The van der Waals surface area contributed by atoms with E-state index in [1.54, 1.807) is 18.1 Å². The molecule has 4 aliphatic carbocycles. The second-order valence-corrected chi connectivity index (χ2v) is 12.8. The van der Waals surface area contributed by atoms with Crippen molar-refractivity contribution in [1.29, 1.82) is 0 Å². The highest BCUT2D eigenvalue weighted by atomic mass is 16.4. The Hall–Kier alpha value is -1.64. The summed E-state index contributed by atoms with van der Waals surface area (Å²) in [5.74, 6) is 1.67. The Balaban J connectivity index is 1.54. The van der Waals surface area contributed by atoms with E-state index in [4.69, 9.17) is 11.7 Å². The summed E-state index contributed by atoms with van der Waals surface area (Å²) in [6.07, 6.45) is 11.3. The number of hydrogen-bond donors (Lipinski definition) is 1. The van der Waals surface area contributed by atoms with Crippen LogP contribution in [0.1, 0.15) is 99.3 Å². The van der Waals surface area contributed by atoms with Crippen LogP contribution in [-0.4, -0.2) is 16.9 Å². The number of allylic oxidation sites excluding steroid dienone is 4. The van der Waals surface area contributed by atoms with Crippen LogP contribution in [0.2, 0.25) is 0 Å². The third kappa shape index (κ3) is 3.69. The second kappa shape index (κ2) is 8.24. The predicted octanol–water partition coefficient (Wildman–Crippen LogP) is 7.53. The summed E-state index contributed by atoms with van der Waals surface area (Å²) in [4.78, 5) is 23.9. The van der Waals surface area contributed by atoms with Gasteiger partial charge in [-0.15, -0.1) is 0 Å². The highest BCUT2D eigenvalue weighted by Gasteiger charge is 2.60. The molecule has 0 aromatic heterocycles. The molecule has 182 valence electrons. The second-order valence-electron chi connectivity index (χ2n) is 12.8. The maximum absolute atomic E-state index is 12.8. The van der Waals surface area contributed by atoms with Crippen LogP contribution < -0.4 is 0 Å². The molecule has 3 nitrogen and oxygen atoms in total. The highest BCUT2D eigenvalue weighted by Crippen LogP contribution is 2.69. The number of aliphatic carboxylic acids is 1. The van der Waals surface area contributed by atoms with Crippen molar-refractivity contribution in [2.45, 2.75) is 99.3 Å². The van der Waals surface area contributed by atoms with Crippen LogP contribution in [0, 0.1) is 39.9 Å². The van der Waals surface area contributed by atoms with Crippen LogP contribution in [0.5, 0.6) is 0 Å². The van der Waals surface area contributed by atoms with Gasteiger partial charge in [0.05, 0.1) is 0 Å². The zero-order chi connectivity index (χ0) is 24.3. The molecule has 0 radical (unpaired) electrons. The number of ketones is 1. The number of carbonyl (C=O) groups is 2. The van der Waals surface area contributed by atoms with E-state index in [2.05, 4.69) is 34.6 Å². The topological polar surface area (TPSA) is 54.4 Å². The summed E-state index contributed by atoms with van der Waals surface area (Å²) in [6.45, 7) is 18.1. The number of carbonyl (C=O) groups excluding carboxylic acids is 1. The molecule has 4 aliphatic rings. The standard InChI is InChI=1S/C30H44O3/c1-18(9-8-10-19(2)27(32)33)21-13-15-29(6)22-11-12-25-28(4,5)26(31)14-16-30(25,7)24(22)17-23(29)20(21)3/h10,18,21,23,25H,3,8-9,11-17H2,1-2,4-7H3,(H,32,33)/b19-10-/t18-,21+,23+,25-,29+,30-/m1/s1. The molecule has 0 aromatic rings. The van der Waals surface area contributed by atoms with Gasteiger partial charge in [-0.05, 0) is 92.8 Å². The lowest BCUT2D eigenvalue weighted by Crippen LogP contribution is -2.50. The van der Waals surface area contributed by atoms with Crippen molar-refractivity contribution in [3.8, 4) is 0 Å². The molecular formula is C30H44O3. The van der Waals surface area contributed by atoms with Gasteiger partial charge in [-0.25, -0.2) is 4.79 Å². The molecule has 0 saturated heterocycles. The molecule has 0 bridgehead atoms. The molecule has 0 unspecified atom stereocenters. The van der Waals surface area contributed by atoms with Gasteiger partial charge in [-0.3, -0.25) is 4.79 Å². The van der Waals surface area contributed by atoms with Gasteiger partial charge in [0.1, 0.15) is 5.78 Å². The first kappa shape index (κ1) is 24.5. The fourth-order valence-corrected chi connectivity index (χ4v) is 8.58. The van der Waals surface area contributed by atoms with E-state index in [0.717, 1.165) is 44.9 Å². The van der Waals surface area contributed by atoms with E-state index < -0.39 is 5.97 Å². The van der Waals surface area contributed by atoms with Crippen LogP contribution in [0.3, 0.4) is 0 Å². The average molecular weight is 453 g/mol. The Morgan fingerprint density at radius 1 is 1.12 bits per heavy atom. The molecule has 2 fully saturated rings. The van der Waals surface area contributed by atoms with Gasteiger partial charge in [0.25, 0.3) is 0 Å². The van der Waals surface area contributed by atoms with Crippen molar-refractivity contribution in [3.63, 3.8) is 0 Å². The number of Topliss-reactive ketones (excluding diaryl/α,β-unsaturated/α-hetero) is 1. The van der Waals surface area contributed by atoms with Gasteiger partial charge in [0.2, 0.25) is 0 Å². The predicted molar refractivity (Wildman–Crippen MR) is 134 cm³/mol. The van der Waals surface area contributed by atoms with Gasteiger partial charge in [0.15, 0.2) is 0 Å². The monoisotopic (exact) mass is 452 g/mol. The molecule has 1 N–H and O–H groups in total. The van der Waals surface area contributed by atoms with Crippen LogP contribution >= 0.6 is 0 Å². The van der Waals surface area contributed by atoms with E-state index in [-0.39, 0.29) is 16.2 Å². The highest BCUT2D eigenvalue weighted by molar-refractivity contribution is 5.86. The van der Waals surface area contributed by atoms with Crippen molar-refractivity contribution in [1.82, 2.24) is 0 Å². The van der Waals surface area contributed by atoms with Crippen LogP contribution in [-0.2, 0) is 9.59 Å². The van der Waals surface area contributed by atoms with Crippen molar-refractivity contribution >= 4 is 11.8 Å². The Kier molecular flexibility index (Phi) is 6.11. The molecule has 0 heterocycles. The van der Waals surface area contributed by atoms with Crippen molar-refractivity contribution in [3.05, 3.63) is 34.9 Å². The Bertz CT molecular complexity index is 934. The first-order valence-corrected chi connectivity index (χ1v) is 13.2. The van der Waals surface area contributed by atoms with E-state index >= 15 is 0 Å². The summed E-state index contributed by atoms with van der Waals surface area (Å²) in [5, 5.41) is 9.12. The number of rotatable bonds is 5. The smallest absolute Gasteiger partial charge is 0.330 e. The van der Waals surface area contributed by atoms with E-state index in [1.165, 1.54) is 18.4 Å². The Morgan fingerprint density at radius 3 is 2.48 bits per heavy atom. The zero-order valence-electron chi connectivity index (χ0n) is 21.7.